The minimum atomic E-state index is -1.53. The molecule has 366 valence electrons. The van der Waals surface area contributed by atoms with Gasteiger partial charge in [0.1, 0.15) is 29.0 Å². The van der Waals surface area contributed by atoms with Crippen LogP contribution < -0.4 is 14.8 Å². The average Bonchev–Trinajstić information content (AvgIpc) is 3.30. The van der Waals surface area contributed by atoms with Crippen LogP contribution in [0, 0.1) is 23.6 Å². The number of allylic oxidation sites excluding steroid dienone is 1. The summed E-state index contributed by atoms with van der Waals surface area (Å²) in [7, 11) is 1.33. The predicted molar refractivity (Wildman–Crippen MR) is 256 cm³/mol. The maximum absolute atomic E-state index is 14.2. The molecule has 12 nitrogen and oxygen atoms in total. The Morgan fingerprint density at radius 3 is 2.24 bits per heavy atom. The van der Waals surface area contributed by atoms with Gasteiger partial charge in [0, 0.05) is 44.2 Å². The van der Waals surface area contributed by atoms with Crippen LogP contribution in [0.5, 0.6) is 11.5 Å². The van der Waals surface area contributed by atoms with E-state index in [-0.39, 0.29) is 50.5 Å². The zero-order valence-corrected chi connectivity index (χ0v) is 40.4. The summed E-state index contributed by atoms with van der Waals surface area (Å²) in [6.07, 6.45) is 19.2. The van der Waals surface area contributed by atoms with Crippen LogP contribution in [0.15, 0.2) is 71.9 Å². The van der Waals surface area contributed by atoms with Crippen LogP contribution >= 0.6 is 0 Å². The molecular weight excluding hydrogens is 842 g/mol. The second-order valence-corrected chi connectivity index (χ2v) is 19.2. The number of nitrogens with zero attached hydrogens (tertiary/aromatic N) is 2. The number of fused-ring (bicyclic) bond motifs is 2. The van der Waals surface area contributed by atoms with Crippen molar-refractivity contribution in [1.29, 1.82) is 0 Å². The predicted octanol–water partition coefficient (Wildman–Crippen LogP) is 11.5. The Kier molecular flexibility index (Phi) is 20.8. The molecule has 5 rings (SSSR count). The van der Waals surface area contributed by atoms with Gasteiger partial charge in [-0.2, -0.15) is 0 Å². The van der Waals surface area contributed by atoms with Crippen molar-refractivity contribution in [1.82, 2.24) is 10.2 Å². The maximum Gasteiger partial charge on any atom is 0.412 e. The fraction of sp³-hybridized carbons (Fsp3) is 0.642. The van der Waals surface area contributed by atoms with Crippen LogP contribution in [0.2, 0.25) is 0 Å². The van der Waals surface area contributed by atoms with Crippen molar-refractivity contribution in [3.8, 4) is 11.5 Å². The Bertz CT molecular complexity index is 1900. The molecule has 0 spiro atoms. The van der Waals surface area contributed by atoms with Gasteiger partial charge in [0.25, 0.3) is 0 Å². The second kappa shape index (κ2) is 26.2. The van der Waals surface area contributed by atoms with Crippen molar-refractivity contribution in [2.45, 2.75) is 167 Å². The number of carbonyl (C=O) groups excluding carboxylic acids is 2. The Morgan fingerprint density at radius 2 is 1.61 bits per heavy atom. The number of hydrogen-bond donors (Lipinski definition) is 3. The van der Waals surface area contributed by atoms with Gasteiger partial charge in [-0.05, 0) is 106 Å². The Morgan fingerprint density at radius 1 is 0.939 bits per heavy atom. The van der Waals surface area contributed by atoms with E-state index in [1.165, 1.54) is 64.2 Å². The van der Waals surface area contributed by atoms with Crippen molar-refractivity contribution in [3.63, 3.8) is 0 Å². The summed E-state index contributed by atoms with van der Waals surface area (Å²) >= 11 is 0. The highest BCUT2D eigenvalue weighted by molar-refractivity contribution is 6.03. The van der Waals surface area contributed by atoms with Crippen LogP contribution in [-0.4, -0.2) is 83.9 Å². The number of amides is 2. The van der Waals surface area contributed by atoms with Crippen molar-refractivity contribution in [2.24, 2.45) is 22.9 Å². The van der Waals surface area contributed by atoms with Crippen molar-refractivity contribution in [2.75, 3.05) is 33.5 Å². The third-order valence-electron chi connectivity index (χ3n) is 13.1. The minimum Gasteiger partial charge on any atom is -0.459 e. The molecule has 0 bridgehead atoms. The molecule has 1 heterocycles. The Labute approximate surface area is 393 Å². The summed E-state index contributed by atoms with van der Waals surface area (Å²) in [4.78, 5) is 35.3. The van der Waals surface area contributed by atoms with E-state index in [0.717, 1.165) is 56.1 Å². The van der Waals surface area contributed by atoms with E-state index in [1.807, 2.05) is 32.9 Å². The molecule has 1 aliphatic heterocycles. The summed E-state index contributed by atoms with van der Waals surface area (Å²) in [5, 5.41) is 27.7. The van der Waals surface area contributed by atoms with Gasteiger partial charge >= 0.3 is 12.2 Å². The van der Waals surface area contributed by atoms with E-state index < -0.39 is 41.4 Å². The number of carbonyl (C=O) groups is 2. The molecule has 2 aromatic carbocycles. The quantitative estimate of drug-likeness (QED) is 0.0452. The van der Waals surface area contributed by atoms with Gasteiger partial charge in [-0.15, -0.1) is 6.58 Å². The number of rotatable bonds is 27. The number of halogens is 1. The summed E-state index contributed by atoms with van der Waals surface area (Å²) in [5.74, 6) is -1.99. The van der Waals surface area contributed by atoms with E-state index in [1.54, 1.807) is 29.2 Å². The van der Waals surface area contributed by atoms with Crippen molar-refractivity contribution >= 4 is 17.9 Å². The molecule has 0 saturated heterocycles. The fourth-order valence-corrected chi connectivity index (χ4v) is 10.1. The highest BCUT2D eigenvalue weighted by atomic mass is 19.1. The number of unbranched alkanes of at least 4 members (excludes halogenated alkanes) is 11. The first-order valence-corrected chi connectivity index (χ1v) is 24.7. The molecule has 6 unspecified atom stereocenters. The lowest BCUT2D eigenvalue weighted by molar-refractivity contribution is -0.256. The van der Waals surface area contributed by atoms with Crippen LogP contribution in [0.1, 0.15) is 154 Å². The normalized spacial score (nSPS) is 22.6. The lowest BCUT2D eigenvalue weighted by Crippen LogP contribution is -2.70. The lowest BCUT2D eigenvalue weighted by Gasteiger charge is -2.59. The molecule has 3 N–H and O–H groups in total. The molecule has 3 aliphatic rings. The van der Waals surface area contributed by atoms with Crippen molar-refractivity contribution in [3.05, 3.63) is 83.7 Å². The zero-order valence-electron chi connectivity index (χ0n) is 40.4. The number of aliphatic hydroxyl groups is 2. The summed E-state index contributed by atoms with van der Waals surface area (Å²) < 4.78 is 40.0. The highest BCUT2D eigenvalue weighted by Gasteiger charge is 2.65. The molecule has 2 amide bonds. The van der Waals surface area contributed by atoms with E-state index in [2.05, 4.69) is 24.9 Å². The Balaban J connectivity index is 1.58. The third-order valence-corrected chi connectivity index (χ3v) is 13.1. The minimum absolute atomic E-state index is 0.00999. The summed E-state index contributed by atoms with van der Waals surface area (Å²) in [6, 6.07) is 10.6. The van der Waals surface area contributed by atoms with Gasteiger partial charge in [0.15, 0.2) is 0 Å². The molecule has 2 aromatic rings. The molecule has 13 heteroatoms. The first kappa shape index (κ1) is 52.5. The van der Waals surface area contributed by atoms with Gasteiger partial charge in [0.2, 0.25) is 5.79 Å². The van der Waals surface area contributed by atoms with Gasteiger partial charge in [-0.25, -0.2) is 14.0 Å². The summed E-state index contributed by atoms with van der Waals surface area (Å²) in [6.45, 7) is 12.8. The van der Waals surface area contributed by atoms with Gasteiger partial charge in [-0.3, -0.25) is 4.90 Å². The molecule has 1 fully saturated rings. The number of hydrogen-bond acceptors (Lipinski definition) is 10. The number of oxime groups is 1. The third kappa shape index (κ3) is 14.3. The van der Waals surface area contributed by atoms with Crippen LogP contribution in [-0.2, 0) is 20.9 Å². The standard InChI is InChI=1S/C53H78FN3O9/c1-7-9-10-11-12-13-14-15-16-19-30-55-50(60)64-41-28-29-46-44(35-41)48-42(23-18-21-32-59)39(22-17-20-31-58)34-43-45(56-66-52(3,4)5)36-47(53(65-46,49(43)48)63-33-8-2)57(51(61)62-6)37-38-24-26-40(54)27-25-38/h8,24-29,34-35,39,42,47-49,58-59H,2,7,9-23,30-33,36-37H2,1,3-6H3,(H,55,60). The van der Waals surface area contributed by atoms with Gasteiger partial charge < -0.3 is 39.3 Å². The maximum atomic E-state index is 14.2. The smallest absolute Gasteiger partial charge is 0.412 e. The highest BCUT2D eigenvalue weighted by Crippen LogP contribution is 2.62. The second-order valence-electron chi connectivity index (χ2n) is 19.2. The van der Waals surface area contributed by atoms with Crippen LogP contribution in [0.25, 0.3) is 0 Å². The number of benzene rings is 2. The number of nitrogens with one attached hydrogen (secondary N) is 1. The molecule has 0 radical (unpaired) electrons. The monoisotopic (exact) mass is 920 g/mol. The molecular formula is C53H78FN3O9. The van der Waals surface area contributed by atoms with Gasteiger partial charge in [0.05, 0.1) is 25.3 Å². The zero-order chi connectivity index (χ0) is 47.5. The molecule has 6 atom stereocenters. The fourth-order valence-electron chi connectivity index (χ4n) is 10.1. The lowest BCUT2D eigenvalue weighted by atomic mass is 9.55. The van der Waals surface area contributed by atoms with Gasteiger partial charge in [-0.1, -0.05) is 107 Å². The molecule has 0 aromatic heterocycles. The number of aliphatic hydroxyl groups excluding tert-OH is 2. The first-order chi connectivity index (χ1) is 31.9. The van der Waals surface area contributed by atoms with Crippen LogP contribution in [0.3, 0.4) is 0 Å². The van der Waals surface area contributed by atoms with E-state index in [9.17, 15) is 24.2 Å². The molecule has 1 saturated carbocycles. The largest absolute Gasteiger partial charge is 0.459 e. The molecule has 66 heavy (non-hydrogen) atoms. The van der Waals surface area contributed by atoms with E-state index >= 15 is 0 Å². The average molecular weight is 920 g/mol. The molecule has 2 aliphatic carbocycles. The van der Waals surface area contributed by atoms with E-state index in [4.69, 9.17) is 28.9 Å². The van der Waals surface area contributed by atoms with E-state index in [0.29, 0.717) is 42.2 Å². The topological polar surface area (TPSA) is 148 Å². The number of methoxy groups -OCH3 is 1. The summed E-state index contributed by atoms with van der Waals surface area (Å²) in [5.41, 5.74) is 2.34. The van der Waals surface area contributed by atoms with Crippen LogP contribution in [0.4, 0.5) is 14.0 Å². The van der Waals surface area contributed by atoms with Crippen molar-refractivity contribution < 1.29 is 48.0 Å². The SMILES string of the molecule is C=CCOC12Oc3ccc(OC(=O)NCCCCCCCCCCCC)cc3C3C(CCCCO)C(CCCCO)C=C(C(=NOC(C)(C)C)CC1N(Cc1ccc(F)cc1)C(=O)OC)C32. The first-order valence-electron chi connectivity index (χ1n) is 24.7. The number of ether oxygens (including phenoxy) is 4. The Hall–Kier alpha value is -4.46.